The molecule has 2 atom stereocenters. The molecule has 0 aromatic heterocycles. The lowest BCUT2D eigenvalue weighted by Gasteiger charge is -2.38. The van der Waals surface area contributed by atoms with Gasteiger partial charge in [-0.3, -0.25) is 9.59 Å². The van der Waals surface area contributed by atoms with Crippen molar-refractivity contribution >= 4 is 22.6 Å². The first-order valence-electron chi connectivity index (χ1n) is 10.4. The summed E-state index contributed by atoms with van der Waals surface area (Å²) in [6, 6.07) is 19.9. The Morgan fingerprint density at radius 3 is 2.52 bits per heavy atom. The third-order valence-electron chi connectivity index (χ3n) is 5.75. The van der Waals surface area contributed by atoms with Gasteiger partial charge in [0.2, 0.25) is 11.8 Å². The number of hydrogen-bond acceptors (Lipinski definition) is 3. The van der Waals surface area contributed by atoms with E-state index in [4.69, 9.17) is 10.5 Å². The minimum absolute atomic E-state index is 0.0185. The van der Waals surface area contributed by atoms with E-state index in [1.165, 1.54) is 12.1 Å². The van der Waals surface area contributed by atoms with Gasteiger partial charge < -0.3 is 15.4 Å². The molecule has 0 radical (unpaired) electrons. The van der Waals surface area contributed by atoms with Crippen LogP contribution in [0.5, 0.6) is 5.75 Å². The van der Waals surface area contributed by atoms with Crippen LogP contribution >= 0.6 is 0 Å². The molecular formula is C25H25FN2O3. The normalized spacial score (nSPS) is 18.7. The van der Waals surface area contributed by atoms with Crippen molar-refractivity contribution in [3.8, 4) is 5.75 Å². The summed E-state index contributed by atoms with van der Waals surface area (Å²) < 4.78 is 19.2. The van der Waals surface area contributed by atoms with E-state index in [0.29, 0.717) is 31.7 Å². The first kappa shape index (κ1) is 20.8. The van der Waals surface area contributed by atoms with Crippen molar-refractivity contribution < 1.29 is 18.7 Å². The Kier molecular flexibility index (Phi) is 6.16. The van der Waals surface area contributed by atoms with E-state index in [-0.39, 0.29) is 30.2 Å². The third kappa shape index (κ3) is 5.20. The molecule has 1 aliphatic heterocycles. The molecule has 4 rings (SSSR count). The summed E-state index contributed by atoms with van der Waals surface area (Å²) >= 11 is 0. The molecule has 0 saturated carbocycles. The fourth-order valence-corrected chi connectivity index (χ4v) is 4.17. The number of halogens is 1. The molecule has 1 fully saturated rings. The minimum Gasteiger partial charge on any atom is -0.490 e. The number of fused-ring (bicyclic) bond motifs is 1. The molecule has 6 heteroatoms. The Balaban J connectivity index is 1.43. The Morgan fingerprint density at radius 2 is 1.77 bits per heavy atom. The molecule has 160 valence electrons. The number of nitrogens with two attached hydrogens (primary N) is 1. The Labute approximate surface area is 180 Å². The number of carbonyl (C=O) groups excluding carboxylic acids is 2. The highest BCUT2D eigenvalue weighted by atomic mass is 19.1. The molecule has 3 aromatic rings. The topological polar surface area (TPSA) is 72.6 Å². The summed E-state index contributed by atoms with van der Waals surface area (Å²) in [4.78, 5) is 26.4. The molecule has 0 spiro atoms. The number of ether oxygens (including phenoxy) is 1. The minimum atomic E-state index is -0.429. The molecule has 5 nitrogen and oxygen atoms in total. The second-order valence-corrected chi connectivity index (χ2v) is 8.03. The van der Waals surface area contributed by atoms with E-state index in [0.717, 1.165) is 16.3 Å². The average Bonchev–Trinajstić information content (AvgIpc) is 2.76. The number of likely N-dealkylation sites (tertiary alicyclic amines) is 1. The van der Waals surface area contributed by atoms with Crippen molar-refractivity contribution in [2.24, 2.45) is 11.7 Å². The van der Waals surface area contributed by atoms with E-state index < -0.39 is 5.91 Å². The monoisotopic (exact) mass is 420 g/mol. The average molecular weight is 420 g/mol. The first-order valence-corrected chi connectivity index (χ1v) is 10.4. The number of hydrogen-bond donors (Lipinski definition) is 1. The molecule has 2 N–H and O–H groups in total. The summed E-state index contributed by atoms with van der Waals surface area (Å²) in [6.07, 6.45) is 0.754. The van der Waals surface area contributed by atoms with Crippen LogP contribution in [0.15, 0.2) is 66.7 Å². The fourth-order valence-electron chi connectivity index (χ4n) is 4.17. The maximum atomic E-state index is 13.2. The van der Waals surface area contributed by atoms with Crippen LogP contribution in [0.1, 0.15) is 18.4 Å². The number of nitrogens with zero attached hydrogens (tertiary/aromatic N) is 1. The van der Waals surface area contributed by atoms with Gasteiger partial charge in [0.25, 0.3) is 0 Å². The van der Waals surface area contributed by atoms with Crippen LogP contribution in [-0.2, 0) is 16.0 Å². The highest BCUT2D eigenvalue weighted by Crippen LogP contribution is 2.26. The SMILES string of the molecule is NC(=O)C[C@H]1CN(C(=O)Cc2ccc3ccccc3c2)CC[C@@H]1Oc1ccc(F)cc1. The highest BCUT2D eigenvalue weighted by Gasteiger charge is 2.34. The molecule has 31 heavy (non-hydrogen) atoms. The second kappa shape index (κ2) is 9.16. The second-order valence-electron chi connectivity index (χ2n) is 8.03. The van der Waals surface area contributed by atoms with Gasteiger partial charge >= 0.3 is 0 Å². The molecule has 0 aliphatic carbocycles. The standard InChI is InChI=1S/C25H25FN2O3/c26-21-7-9-22(10-8-21)31-23-11-12-28(16-20(23)15-24(27)29)25(30)14-17-5-6-18-3-1-2-4-19(18)13-17/h1-10,13,20,23H,11-12,14-16H2,(H2,27,29)/t20-,23-/m0/s1. The van der Waals surface area contributed by atoms with Crippen molar-refractivity contribution in [2.45, 2.75) is 25.4 Å². The molecular weight excluding hydrogens is 395 g/mol. The molecule has 1 heterocycles. The van der Waals surface area contributed by atoms with Crippen molar-refractivity contribution in [1.82, 2.24) is 4.90 Å². The number of amides is 2. The summed E-state index contributed by atoms with van der Waals surface area (Å²) in [5.74, 6) is -0.421. The van der Waals surface area contributed by atoms with Gasteiger partial charge in [-0.1, -0.05) is 42.5 Å². The van der Waals surface area contributed by atoms with Crippen molar-refractivity contribution in [2.75, 3.05) is 13.1 Å². The molecule has 1 saturated heterocycles. The van der Waals surface area contributed by atoms with Crippen LogP contribution < -0.4 is 10.5 Å². The number of primary amides is 1. The largest absolute Gasteiger partial charge is 0.490 e. The number of benzene rings is 3. The zero-order valence-electron chi connectivity index (χ0n) is 17.2. The smallest absolute Gasteiger partial charge is 0.227 e. The van der Waals surface area contributed by atoms with E-state index in [1.807, 2.05) is 42.5 Å². The van der Waals surface area contributed by atoms with Crippen LogP contribution in [0, 0.1) is 11.7 Å². The van der Waals surface area contributed by atoms with Gasteiger partial charge in [-0.25, -0.2) is 4.39 Å². The molecule has 0 bridgehead atoms. The number of piperidine rings is 1. The van der Waals surface area contributed by atoms with Crippen molar-refractivity contribution in [3.05, 3.63) is 78.1 Å². The predicted octanol–water partition coefficient (Wildman–Crippen LogP) is 3.69. The lowest BCUT2D eigenvalue weighted by atomic mass is 9.90. The fraction of sp³-hybridized carbons (Fsp3) is 0.280. The van der Waals surface area contributed by atoms with E-state index >= 15 is 0 Å². The quantitative estimate of drug-likeness (QED) is 0.661. The summed E-state index contributed by atoms with van der Waals surface area (Å²) in [6.45, 7) is 0.939. The Hall–Kier alpha value is -3.41. The zero-order chi connectivity index (χ0) is 21.8. The lowest BCUT2D eigenvalue weighted by molar-refractivity contribution is -0.135. The van der Waals surface area contributed by atoms with Crippen LogP contribution in [0.2, 0.25) is 0 Å². The Bertz CT molecular complexity index is 1080. The van der Waals surface area contributed by atoms with Crippen LogP contribution in [-0.4, -0.2) is 35.9 Å². The van der Waals surface area contributed by atoms with Gasteiger partial charge in [0.1, 0.15) is 17.7 Å². The van der Waals surface area contributed by atoms with Gasteiger partial charge in [-0.15, -0.1) is 0 Å². The van der Waals surface area contributed by atoms with E-state index in [2.05, 4.69) is 0 Å². The van der Waals surface area contributed by atoms with Crippen LogP contribution in [0.25, 0.3) is 10.8 Å². The first-order chi connectivity index (χ1) is 15.0. The molecule has 1 aliphatic rings. The van der Waals surface area contributed by atoms with Crippen molar-refractivity contribution in [1.29, 1.82) is 0 Å². The van der Waals surface area contributed by atoms with Gasteiger partial charge in [0, 0.05) is 31.8 Å². The van der Waals surface area contributed by atoms with Gasteiger partial charge in [-0.05, 0) is 40.6 Å². The number of carbonyl (C=O) groups is 2. The molecule has 2 amide bonds. The molecule has 0 unspecified atom stereocenters. The third-order valence-corrected chi connectivity index (χ3v) is 5.75. The Morgan fingerprint density at radius 1 is 1.03 bits per heavy atom. The summed E-state index contributed by atoms with van der Waals surface area (Å²) in [5, 5.41) is 2.24. The van der Waals surface area contributed by atoms with E-state index in [1.54, 1.807) is 17.0 Å². The predicted molar refractivity (Wildman–Crippen MR) is 117 cm³/mol. The van der Waals surface area contributed by atoms with Gasteiger partial charge in [0.05, 0.1) is 6.42 Å². The van der Waals surface area contributed by atoms with Gasteiger partial charge in [-0.2, -0.15) is 0 Å². The van der Waals surface area contributed by atoms with Gasteiger partial charge in [0.15, 0.2) is 0 Å². The number of rotatable bonds is 6. The maximum Gasteiger partial charge on any atom is 0.227 e. The van der Waals surface area contributed by atoms with Crippen LogP contribution in [0.4, 0.5) is 4.39 Å². The molecule has 3 aromatic carbocycles. The van der Waals surface area contributed by atoms with E-state index in [9.17, 15) is 14.0 Å². The van der Waals surface area contributed by atoms with Crippen LogP contribution in [0.3, 0.4) is 0 Å². The van der Waals surface area contributed by atoms with Crippen molar-refractivity contribution in [3.63, 3.8) is 0 Å². The maximum absolute atomic E-state index is 13.2. The lowest BCUT2D eigenvalue weighted by Crippen LogP contribution is -2.49. The summed E-state index contributed by atoms with van der Waals surface area (Å²) in [7, 11) is 0. The highest BCUT2D eigenvalue weighted by molar-refractivity contribution is 5.85. The zero-order valence-corrected chi connectivity index (χ0v) is 17.2. The summed E-state index contributed by atoms with van der Waals surface area (Å²) in [5.41, 5.74) is 6.41.